The number of hydrogen-bond acceptors (Lipinski definition) is 25. The molecule has 4 fully saturated rings. The molecule has 566 valence electrons. The summed E-state index contributed by atoms with van der Waals surface area (Å²) in [4.78, 5) is 235. The van der Waals surface area contributed by atoms with Crippen LogP contribution >= 0.6 is 43.2 Å². The van der Waals surface area contributed by atoms with Crippen molar-refractivity contribution < 1.29 is 107 Å². The number of aliphatic hydroxyl groups is 2. The number of fused-ring (bicyclic) bond motifs is 37. The summed E-state index contributed by atoms with van der Waals surface area (Å²) in [6, 6.07) is -17.9. The highest BCUT2D eigenvalue weighted by Gasteiger charge is 2.40. The Kier molecular flexibility index (Phi) is 35.3. The lowest BCUT2D eigenvalue weighted by atomic mass is 9.97. The lowest BCUT2D eigenvalue weighted by molar-refractivity contribution is -0.141. The summed E-state index contributed by atoms with van der Waals surface area (Å²) in [7, 11) is 2.85. The van der Waals surface area contributed by atoms with Gasteiger partial charge in [-0.2, -0.15) is 0 Å². The molecule has 4 heterocycles. The van der Waals surface area contributed by atoms with Crippen LogP contribution in [0.2, 0.25) is 0 Å². The Labute approximate surface area is 601 Å². The maximum absolute atomic E-state index is 14.8. The Bertz CT molecular complexity index is 3230. The Morgan fingerprint density at radius 3 is 1.68 bits per heavy atom. The normalized spacial score (nSPS) is 27.2. The van der Waals surface area contributed by atoms with E-state index >= 15 is 0 Å². The number of aliphatic carboxylic acids is 2. The van der Waals surface area contributed by atoms with E-state index in [1.807, 2.05) is 0 Å². The number of benzene rings is 1. The molecule has 1 unspecified atom stereocenters. The zero-order valence-electron chi connectivity index (χ0n) is 56.7. The van der Waals surface area contributed by atoms with E-state index in [4.69, 9.17) is 5.73 Å². The van der Waals surface area contributed by atoms with Crippen LogP contribution in [-0.2, 0) is 87.9 Å². The number of carbonyl (C=O) groups is 17. The van der Waals surface area contributed by atoms with Crippen LogP contribution in [0, 0.1) is 5.92 Å². The molecule has 0 saturated carbocycles. The topological polar surface area (TPSA) is 598 Å². The molecule has 4 aliphatic rings. The molecular formula is C60H90N16O22S4. The second kappa shape index (κ2) is 42.0. The summed E-state index contributed by atoms with van der Waals surface area (Å²) >= 11 is 0. The van der Waals surface area contributed by atoms with Gasteiger partial charge < -0.3 is 111 Å². The van der Waals surface area contributed by atoms with Gasteiger partial charge in [-0.15, -0.1) is 0 Å². The maximum atomic E-state index is 14.8. The zero-order chi connectivity index (χ0) is 76.2. The highest BCUT2D eigenvalue weighted by Crippen LogP contribution is 2.26. The van der Waals surface area contributed by atoms with E-state index in [0.29, 0.717) is 46.5 Å². The molecule has 1 aromatic carbocycles. The fraction of sp³-hybridized carbons (Fsp3) is 0.617. The first kappa shape index (κ1) is 85.7. The lowest BCUT2D eigenvalue weighted by Gasteiger charge is -2.30. The Balaban J connectivity index is 1.94. The zero-order valence-corrected chi connectivity index (χ0v) is 60.0. The Morgan fingerprint density at radius 1 is 0.588 bits per heavy atom. The van der Waals surface area contributed by atoms with E-state index in [1.54, 1.807) is 6.92 Å². The molecule has 15 amide bonds. The molecular weight excluding hydrogens is 1430 g/mol. The lowest BCUT2D eigenvalue weighted by Crippen LogP contribution is -2.62. The number of amides is 15. The quantitative estimate of drug-likeness (QED) is 0.0480. The molecule has 4 saturated heterocycles. The number of aromatic hydroxyl groups is 1. The number of hydrogen-bond donors (Lipinski definition) is 21. The van der Waals surface area contributed by atoms with Crippen LogP contribution in [0.5, 0.6) is 5.75 Å². The standard InChI is InChI=1S/C60H90N16O22S4/c1-8-25(2)44-58(95)72-37-21-101-102-24-40(60(97)98)67-42(81)20-63-57(94)45(29(6)77)75-56(93)39(71-49(86)27(4)64-47(84)26(3)65-52(89)35(18-31-11-13-32(79)14-12-31)69-48(85)28(5)66-54(37)91)23-100-99-22-38(55(92)68-34(51(88)74-44)15-16-43(82)83)73-59(96)46(30(7)78)76-53(90)36(19-41(61)80)70-50(87)33-10-9-17-62-33/h11-14,25-30,33-40,44-46,62,77-79H,8-10,15-24H2,1-7H3,(H2,61,80)(H,63,94)(H,64,84)(H,65,89)(H,66,91)(H,67,81)(H,68,92)(H,69,85)(H,70,87)(H,71,86)(H,72,95)(H,73,96)(H,74,88)(H,75,93)(H,76,90)(H,82,83)(H,97,98)/t25-,26-,27-,28-,29+,30+,33-,34-,35-,36-,37-,38-,39-,40?,44-,45-,46-/m0/s1. The SMILES string of the molecule is CC[C@H](C)[C@@H]1NC(=O)[C@H](CCC(=O)O)NC(=O)[C@@H](NC(=O)[C@@H](NC(=O)[C@H](CC(N)=O)NC(=O)[C@@H]2CCCN2)[C@@H](C)O)CSSC[C@@H]2NC(=O)[C@H](C)NC(=O)[C@H](C)NC(=O)[C@H](Cc3ccc(O)cc3)NC(=O)[C@H](C)NC(=O)[C@H](CSSCC(C(=O)O)NC(=O)CNC(=O)[C@H]([C@@H](C)O)NC2=O)NC1=O. The van der Waals surface area contributed by atoms with Gasteiger partial charge in [-0.05, 0) is 84.0 Å². The van der Waals surface area contributed by atoms with Crippen LogP contribution in [-0.4, -0.2) is 259 Å². The number of nitrogens with one attached hydrogen (secondary N) is 15. The number of nitrogens with two attached hydrogens (primary N) is 1. The average molecular weight is 1520 g/mol. The largest absolute Gasteiger partial charge is 0.508 e. The number of rotatable bonds is 18. The van der Waals surface area contributed by atoms with E-state index in [-0.39, 0.29) is 18.6 Å². The number of aliphatic hydroxyl groups excluding tert-OH is 2. The molecule has 0 radical (unpaired) electrons. The number of carbonyl (C=O) groups excluding carboxylic acids is 15. The van der Waals surface area contributed by atoms with Gasteiger partial charge in [0.15, 0.2) is 0 Å². The second-order valence-electron chi connectivity index (χ2n) is 24.3. The fourth-order valence-electron chi connectivity index (χ4n) is 9.74. The summed E-state index contributed by atoms with van der Waals surface area (Å²) in [5.74, 6) is -22.9. The molecule has 2 bridgehead atoms. The fourth-order valence-corrected chi connectivity index (χ4v) is 14.4. The van der Waals surface area contributed by atoms with Gasteiger partial charge in [-0.25, -0.2) is 4.79 Å². The van der Waals surface area contributed by atoms with Gasteiger partial charge in [0.25, 0.3) is 0 Å². The van der Waals surface area contributed by atoms with Crippen LogP contribution in [0.3, 0.4) is 0 Å². The number of phenols is 1. The molecule has 5 rings (SSSR count). The van der Waals surface area contributed by atoms with E-state index < -0.39 is 252 Å². The number of carboxylic acid groups (broad SMARTS) is 2. The van der Waals surface area contributed by atoms with Crippen LogP contribution in [0.4, 0.5) is 0 Å². The molecule has 102 heavy (non-hydrogen) atoms. The minimum absolute atomic E-state index is 0.112. The molecule has 42 heteroatoms. The summed E-state index contributed by atoms with van der Waals surface area (Å²) < 4.78 is 0. The van der Waals surface area contributed by atoms with Crippen molar-refractivity contribution in [3.05, 3.63) is 29.8 Å². The van der Waals surface area contributed by atoms with Crippen molar-refractivity contribution in [2.75, 3.05) is 36.1 Å². The van der Waals surface area contributed by atoms with Crippen molar-refractivity contribution in [3.8, 4) is 5.75 Å². The first-order chi connectivity index (χ1) is 48.0. The summed E-state index contributed by atoms with van der Waals surface area (Å²) in [5, 5.41) is 88.1. The van der Waals surface area contributed by atoms with Crippen LogP contribution < -0.4 is 85.5 Å². The van der Waals surface area contributed by atoms with Gasteiger partial charge in [0.1, 0.15) is 84.3 Å². The monoisotopic (exact) mass is 1510 g/mol. The van der Waals surface area contributed by atoms with Gasteiger partial charge in [0.2, 0.25) is 88.6 Å². The number of primary amides is 1. The Morgan fingerprint density at radius 2 is 1.12 bits per heavy atom. The van der Waals surface area contributed by atoms with Gasteiger partial charge in [-0.1, -0.05) is 75.6 Å². The molecule has 22 N–H and O–H groups in total. The van der Waals surface area contributed by atoms with Crippen LogP contribution in [0.1, 0.15) is 92.6 Å². The highest BCUT2D eigenvalue weighted by molar-refractivity contribution is 8.77. The van der Waals surface area contributed by atoms with E-state index in [9.17, 15) is 107 Å². The van der Waals surface area contributed by atoms with Crippen molar-refractivity contribution in [1.29, 1.82) is 0 Å². The van der Waals surface area contributed by atoms with Crippen LogP contribution in [0.25, 0.3) is 0 Å². The molecule has 0 spiro atoms. The maximum Gasteiger partial charge on any atom is 0.327 e. The average Bonchev–Trinajstić information content (AvgIpc) is 0.895. The van der Waals surface area contributed by atoms with E-state index in [1.165, 1.54) is 45.0 Å². The molecule has 0 aromatic heterocycles. The van der Waals surface area contributed by atoms with Gasteiger partial charge >= 0.3 is 11.9 Å². The molecule has 0 aliphatic carbocycles. The van der Waals surface area contributed by atoms with Crippen molar-refractivity contribution in [2.45, 2.75) is 190 Å². The molecule has 38 nitrogen and oxygen atoms in total. The number of phenolic OH excluding ortho intramolecular Hbond substituents is 1. The highest BCUT2D eigenvalue weighted by atomic mass is 33.1. The minimum Gasteiger partial charge on any atom is -0.508 e. The van der Waals surface area contributed by atoms with Crippen molar-refractivity contribution in [2.24, 2.45) is 11.7 Å². The van der Waals surface area contributed by atoms with Crippen molar-refractivity contribution >= 4 is 144 Å². The summed E-state index contributed by atoms with van der Waals surface area (Å²) in [5.41, 5.74) is 5.79. The van der Waals surface area contributed by atoms with Gasteiger partial charge in [0.05, 0.1) is 31.2 Å². The predicted octanol–water partition coefficient (Wildman–Crippen LogP) is -7.41. The third kappa shape index (κ3) is 28.3. The predicted molar refractivity (Wildman–Crippen MR) is 369 cm³/mol. The first-order valence-corrected chi connectivity index (χ1v) is 37.3. The van der Waals surface area contributed by atoms with Gasteiger partial charge in [-0.3, -0.25) is 76.7 Å². The van der Waals surface area contributed by atoms with Crippen LogP contribution in [0.15, 0.2) is 24.3 Å². The van der Waals surface area contributed by atoms with Crippen molar-refractivity contribution in [1.82, 2.24) is 79.8 Å². The van der Waals surface area contributed by atoms with Gasteiger partial charge in [0, 0.05) is 35.9 Å². The minimum atomic E-state index is -2.02. The van der Waals surface area contributed by atoms with Crippen molar-refractivity contribution in [3.63, 3.8) is 0 Å². The summed E-state index contributed by atoms with van der Waals surface area (Å²) in [6.07, 6.45) is -5.15. The van der Waals surface area contributed by atoms with E-state index in [0.717, 1.165) is 42.4 Å². The number of carboxylic acids is 2. The smallest absolute Gasteiger partial charge is 0.327 e. The molecule has 17 atom stereocenters. The van der Waals surface area contributed by atoms with E-state index in [2.05, 4.69) is 79.8 Å². The summed E-state index contributed by atoms with van der Waals surface area (Å²) in [6.45, 7) is 8.30. The third-order valence-corrected chi connectivity index (χ3v) is 20.8. The molecule has 4 aliphatic heterocycles. The third-order valence-electron chi connectivity index (χ3n) is 15.9. The Hall–Kier alpha value is -8.71. The first-order valence-electron chi connectivity index (χ1n) is 32.3. The second-order valence-corrected chi connectivity index (χ2v) is 29.4. The molecule has 1 aromatic rings.